The van der Waals surface area contributed by atoms with Crippen molar-refractivity contribution in [2.24, 2.45) is 11.8 Å². The highest BCUT2D eigenvalue weighted by Gasteiger charge is 2.57. The van der Waals surface area contributed by atoms with Crippen LogP contribution in [0.15, 0.2) is 85.2 Å². The predicted molar refractivity (Wildman–Crippen MR) is 191 cm³/mol. The molecule has 2 fully saturated rings. The van der Waals surface area contributed by atoms with Crippen LogP contribution in [0.5, 0.6) is 11.5 Å². The Bertz CT molecular complexity index is 1690. The molecule has 0 saturated heterocycles. The average Bonchev–Trinajstić information content (AvgIpc) is 3.13. The molecular formula is C42H50N2O6. The van der Waals surface area contributed by atoms with E-state index in [1.54, 1.807) is 36.7 Å². The van der Waals surface area contributed by atoms with Crippen molar-refractivity contribution < 1.29 is 30.6 Å². The second kappa shape index (κ2) is 13.1. The number of hydrogen-bond donors (Lipinski definition) is 6. The van der Waals surface area contributed by atoms with Crippen LogP contribution in [-0.4, -0.2) is 52.8 Å². The first-order valence-corrected chi connectivity index (χ1v) is 18.3. The molecular weight excluding hydrogens is 628 g/mol. The molecule has 2 heterocycles. The first-order valence-electron chi connectivity index (χ1n) is 18.3. The SMILES string of the molecule is CC[C@@]12CC(O)[C@](O)(c3ccccn3)C[C@H]1CCc1cc(O)ccc12.CC[C@@]12C[C@@H](O)[C@](O)(c3ccccn3)C[C@H]1CCc1cc(O)ccc12. The third-order valence-corrected chi connectivity index (χ3v) is 13.1. The van der Waals surface area contributed by atoms with Crippen molar-refractivity contribution in [3.05, 3.63) is 119 Å². The van der Waals surface area contributed by atoms with E-state index in [0.717, 1.165) is 38.5 Å². The summed E-state index contributed by atoms with van der Waals surface area (Å²) in [4.78, 5) is 8.65. The van der Waals surface area contributed by atoms with Crippen molar-refractivity contribution in [1.29, 1.82) is 0 Å². The number of hydrogen-bond acceptors (Lipinski definition) is 8. The summed E-state index contributed by atoms with van der Waals surface area (Å²) in [5.41, 5.74) is 3.04. The number of fused-ring (bicyclic) bond motifs is 6. The molecule has 8 nitrogen and oxygen atoms in total. The zero-order valence-corrected chi connectivity index (χ0v) is 29.0. The van der Waals surface area contributed by atoms with Gasteiger partial charge >= 0.3 is 0 Å². The van der Waals surface area contributed by atoms with E-state index in [-0.39, 0.29) is 22.7 Å². The standard InChI is InChI=1S/2C21H25NO3/c2*1-2-20-13-19(24)21(25,18-5-3-4-10-22-18)12-15(20)7-6-14-11-16(23)8-9-17(14)20/h2*3-5,8-11,15,19,23-25H,2,6-7,12-13H2,1H3/t15-,19?,20-,21-;15-,19-,20-,21-/m11/s1. The largest absolute Gasteiger partial charge is 0.508 e. The second-order valence-electron chi connectivity index (χ2n) is 15.3. The number of aromatic hydroxyl groups is 2. The van der Waals surface area contributed by atoms with Gasteiger partial charge in [0.15, 0.2) is 0 Å². The third-order valence-electron chi connectivity index (χ3n) is 13.1. The molecule has 2 aromatic heterocycles. The zero-order chi connectivity index (χ0) is 35.3. The predicted octanol–water partition coefficient (Wildman–Crippen LogP) is 6.08. The highest BCUT2D eigenvalue weighted by Crippen LogP contribution is 2.58. The lowest BCUT2D eigenvalue weighted by Crippen LogP contribution is -2.56. The quantitative estimate of drug-likeness (QED) is 0.152. The number of aryl methyl sites for hydroxylation is 2. The lowest BCUT2D eigenvalue weighted by Gasteiger charge is -2.54. The van der Waals surface area contributed by atoms with Crippen LogP contribution >= 0.6 is 0 Å². The van der Waals surface area contributed by atoms with E-state index in [0.29, 0.717) is 48.6 Å². The van der Waals surface area contributed by atoms with Gasteiger partial charge < -0.3 is 30.6 Å². The highest BCUT2D eigenvalue weighted by atomic mass is 16.3. The minimum absolute atomic E-state index is 0.151. The first-order chi connectivity index (χ1) is 24.0. The average molecular weight is 679 g/mol. The number of pyridine rings is 2. The molecule has 4 aliphatic rings. The van der Waals surface area contributed by atoms with Gasteiger partial charge in [-0.25, -0.2) is 0 Å². The number of aromatic nitrogens is 2. The molecule has 8 heteroatoms. The Balaban J connectivity index is 0.000000157. The summed E-state index contributed by atoms with van der Waals surface area (Å²) in [7, 11) is 0. The normalized spacial score (nSPS) is 34.2. The van der Waals surface area contributed by atoms with Gasteiger partial charge in [-0.05, 0) is 147 Å². The van der Waals surface area contributed by atoms with Gasteiger partial charge in [-0.1, -0.05) is 38.1 Å². The van der Waals surface area contributed by atoms with Crippen LogP contribution in [0.25, 0.3) is 0 Å². The molecule has 0 amide bonds. The fourth-order valence-corrected chi connectivity index (χ4v) is 10.4. The number of phenolic OH excluding ortho intramolecular Hbond substituents is 2. The molecule has 0 spiro atoms. The van der Waals surface area contributed by atoms with E-state index >= 15 is 0 Å². The number of aliphatic hydroxyl groups excluding tert-OH is 2. The maximum Gasteiger partial charge on any atom is 0.132 e. The molecule has 4 aromatic rings. The van der Waals surface area contributed by atoms with Crippen LogP contribution < -0.4 is 0 Å². The Morgan fingerprint density at radius 1 is 0.600 bits per heavy atom. The summed E-state index contributed by atoms with van der Waals surface area (Å²) in [6.07, 6.45) is 9.16. The monoisotopic (exact) mass is 678 g/mol. The molecule has 50 heavy (non-hydrogen) atoms. The highest BCUT2D eigenvalue weighted by molar-refractivity contribution is 5.45. The molecule has 4 aliphatic carbocycles. The Kier molecular flexibility index (Phi) is 9.04. The van der Waals surface area contributed by atoms with Gasteiger partial charge in [0.05, 0.1) is 23.6 Å². The summed E-state index contributed by atoms with van der Waals surface area (Å²) >= 11 is 0. The van der Waals surface area contributed by atoms with Crippen molar-refractivity contribution in [1.82, 2.24) is 9.97 Å². The van der Waals surface area contributed by atoms with Crippen molar-refractivity contribution in [2.75, 3.05) is 0 Å². The van der Waals surface area contributed by atoms with Crippen molar-refractivity contribution in [2.45, 2.75) is 112 Å². The molecule has 264 valence electrons. The Hall–Kier alpha value is -3.82. The van der Waals surface area contributed by atoms with Crippen molar-refractivity contribution >= 4 is 0 Å². The number of rotatable bonds is 4. The summed E-state index contributed by atoms with van der Waals surface area (Å²) < 4.78 is 0. The number of aliphatic hydroxyl groups is 4. The van der Waals surface area contributed by atoms with Crippen molar-refractivity contribution in [3.8, 4) is 11.5 Å². The van der Waals surface area contributed by atoms with Crippen LogP contribution in [0.3, 0.4) is 0 Å². The van der Waals surface area contributed by atoms with E-state index < -0.39 is 23.4 Å². The topological polar surface area (TPSA) is 147 Å². The maximum atomic E-state index is 11.3. The summed E-state index contributed by atoms with van der Waals surface area (Å²) in [6, 6.07) is 22.2. The van der Waals surface area contributed by atoms with Crippen LogP contribution in [0.4, 0.5) is 0 Å². The van der Waals surface area contributed by atoms with Crippen LogP contribution in [0, 0.1) is 11.8 Å². The molecule has 0 aliphatic heterocycles. The minimum atomic E-state index is -1.29. The van der Waals surface area contributed by atoms with Gasteiger partial charge in [-0.15, -0.1) is 0 Å². The molecule has 8 rings (SSSR count). The molecule has 8 atom stereocenters. The van der Waals surface area contributed by atoms with Gasteiger partial charge in [-0.3, -0.25) is 9.97 Å². The molecule has 6 N–H and O–H groups in total. The van der Waals surface area contributed by atoms with Gasteiger partial charge in [0, 0.05) is 23.2 Å². The van der Waals surface area contributed by atoms with Gasteiger partial charge in [-0.2, -0.15) is 0 Å². The summed E-state index contributed by atoms with van der Waals surface area (Å²) in [6.45, 7) is 4.32. The van der Waals surface area contributed by atoms with E-state index in [2.05, 4.69) is 23.8 Å². The fraction of sp³-hybridized carbons (Fsp3) is 0.476. The van der Waals surface area contributed by atoms with E-state index in [1.807, 2.05) is 48.5 Å². The number of phenols is 2. The fourth-order valence-electron chi connectivity index (χ4n) is 10.4. The smallest absolute Gasteiger partial charge is 0.132 e. The molecule has 2 saturated carbocycles. The number of benzene rings is 2. The molecule has 1 unspecified atom stereocenters. The maximum absolute atomic E-state index is 11.3. The van der Waals surface area contributed by atoms with Crippen molar-refractivity contribution in [3.63, 3.8) is 0 Å². The Morgan fingerprint density at radius 2 is 1.02 bits per heavy atom. The van der Waals surface area contributed by atoms with Gasteiger partial charge in [0.2, 0.25) is 0 Å². The minimum Gasteiger partial charge on any atom is -0.508 e. The second-order valence-corrected chi connectivity index (χ2v) is 15.3. The van der Waals surface area contributed by atoms with Crippen LogP contribution in [0.2, 0.25) is 0 Å². The zero-order valence-electron chi connectivity index (χ0n) is 29.0. The Morgan fingerprint density at radius 3 is 1.38 bits per heavy atom. The molecule has 2 aromatic carbocycles. The lowest BCUT2D eigenvalue weighted by molar-refractivity contribution is -0.148. The van der Waals surface area contributed by atoms with Gasteiger partial charge in [0.1, 0.15) is 22.7 Å². The third kappa shape index (κ3) is 5.52. The van der Waals surface area contributed by atoms with E-state index in [1.165, 1.54) is 22.3 Å². The molecule has 0 radical (unpaired) electrons. The first kappa shape index (κ1) is 34.6. The lowest BCUT2D eigenvalue weighted by atomic mass is 9.52. The van der Waals surface area contributed by atoms with E-state index in [4.69, 9.17) is 0 Å². The van der Waals surface area contributed by atoms with E-state index in [9.17, 15) is 30.6 Å². The van der Waals surface area contributed by atoms with Crippen LogP contribution in [-0.2, 0) is 34.9 Å². The summed E-state index contributed by atoms with van der Waals surface area (Å²) in [5, 5.41) is 64.2. The van der Waals surface area contributed by atoms with Gasteiger partial charge in [0.25, 0.3) is 0 Å². The van der Waals surface area contributed by atoms with Crippen LogP contribution in [0.1, 0.15) is 98.9 Å². The Labute approximate surface area is 294 Å². The molecule has 0 bridgehead atoms. The number of nitrogens with zero attached hydrogens (tertiary/aromatic N) is 2. The summed E-state index contributed by atoms with van der Waals surface area (Å²) in [5.74, 6) is 1.16.